The van der Waals surface area contributed by atoms with Crippen molar-refractivity contribution in [3.63, 3.8) is 0 Å². The molecular formula is C22H35F3N6. The summed E-state index contributed by atoms with van der Waals surface area (Å²) in [7, 11) is 6.10. The van der Waals surface area contributed by atoms with Crippen LogP contribution in [0.5, 0.6) is 0 Å². The van der Waals surface area contributed by atoms with Gasteiger partial charge in [0.25, 0.3) is 0 Å². The fraction of sp³-hybridized carbons (Fsp3) is 0.682. The van der Waals surface area contributed by atoms with Crippen LogP contribution in [-0.2, 0) is 12.7 Å². The molecule has 9 heteroatoms. The van der Waals surface area contributed by atoms with E-state index >= 15 is 0 Å². The van der Waals surface area contributed by atoms with Crippen LogP contribution in [0, 0.1) is 0 Å². The van der Waals surface area contributed by atoms with E-state index in [9.17, 15) is 13.2 Å². The normalized spacial score (nSPS) is 23.2. The maximum absolute atomic E-state index is 12.9. The van der Waals surface area contributed by atoms with Crippen molar-refractivity contribution in [3.05, 3.63) is 35.4 Å². The lowest BCUT2D eigenvalue weighted by molar-refractivity contribution is -0.137. The van der Waals surface area contributed by atoms with Crippen LogP contribution in [-0.4, -0.2) is 93.2 Å². The highest BCUT2D eigenvalue weighted by Crippen LogP contribution is 2.30. The summed E-state index contributed by atoms with van der Waals surface area (Å²) < 4.78 is 38.8. The number of aliphatic imine (C=N–C) groups is 1. The maximum atomic E-state index is 12.9. The second kappa shape index (κ2) is 10.7. The van der Waals surface area contributed by atoms with Crippen molar-refractivity contribution in [3.8, 4) is 0 Å². The van der Waals surface area contributed by atoms with Crippen LogP contribution in [0.2, 0.25) is 0 Å². The number of alkyl halides is 3. The third-order valence-electron chi connectivity index (χ3n) is 6.30. The molecule has 0 radical (unpaired) electrons. The number of halogens is 3. The van der Waals surface area contributed by atoms with Crippen LogP contribution in [0.25, 0.3) is 0 Å². The fourth-order valence-corrected chi connectivity index (χ4v) is 4.26. The van der Waals surface area contributed by atoms with E-state index in [0.717, 1.165) is 64.1 Å². The molecule has 0 aliphatic carbocycles. The molecule has 0 spiro atoms. The SMILES string of the molecule is CN=C(NCC1CN(C)CCN1C)NC1CCN(Cc2cccc(C(F)(F)F)c2)CC1. The van der Waals surface area contributed by atoms with Crippen LogP contribution in [0.4, 0.5) is 13.2 Å². The molecule has 2 aliphatic rings. The molecule has 1 atom stereocenters. The molecule has 6 nitrogen and oxygen atoms in total. The summed E-state index contributed by atoms with van der Waals surface area (Å²) in [5.41, 5.74) is 0.131. The minimum atomic E-state index is -4.29. The van der Waals surface area contributed by atoms with E-state index in [1.54, 1.807) is 13.1 Å². The van der Waals surface area contributed by atoms with Gasteiger partial charge in [0.1, 0.15) is 0 Å². The van der Waals surface area contributed by atoms with E-state index < -0.39 is 11.7 Å². The standard InChI is InChI=1S/C22H35F3N6/c1-26-21(27-14-20-16-29(2)11-12-30(20)3)28-19-7-9-31(10-8-19)15-17-5-4-6-18(13-17)22(23,24)25/h4-6,13,19-20H,7-12,14-16H2,1-3H3,(H2,26,27,28). The summed E-state index contributed by atoms with van der Waals surface area (Å²) in [6, 6.07) is 6.41. The van der Waals surface area contributed by atoms with Gasteiger partial charge in [-0.25, -0.2) is 0 Å². The first-order valence-electron chi connectivity index (χ1n) is 11.0. The summed E-state index contributed by atoms with van der Waals surface area (Å²) in [6.45, 7) is 6.29. The first kappa shape index (κ1) is 23.8. The maximum Gasteiger partial charge on any atom is 0.416 e. The lowest BCUT2D eigenvalue weighted by atomic mass is 10.0. The number of piperidine rings is 1. The van der Waals surface area contributed by atoms with Crippen LogP contribution in [0.1, 0.15) is 24.0 Å². The molecule has 1 aromatic carbocycles. The number of hydrogen-bond donors (Lipinski definition) is 2. The Morgan fingerprint density at radius 2 is 1.87 bits per heavy atom. The average Bonchev–Trinajstić information content (AvgIpc) is 2.74. The van der Waals surface area contributed by atoms with Crippen molar-refractivity contribution in [1.29, 1.82) is 0 Å². The van der Waals surface area contributed by atoms with Crippen molar-refractivity contribution in [2.75, 3.05) is 60.4 Å². The number of rotatable bonds is 5. The van der Waals surface area contributed by atoms with E-state index in [2.05, 4.69) is 44.4 Å². The number of piperazine rings is 1. The highest BCUT2D eigenvalue weighted by atomic mass is 19.4. The summed E-state index contributed by atoms with van der Waals surface area (Å²) >= 11 is 0. The first-order chi connectivity index (χ1) is 14.7. The summed E-state index contributed by atoms with van der Waals surface area (Å²) in [5, 5.41) is 6.98. The third kappa shape index (κ3) is 7.08. The predicted octanol–water partition coefficient (Wildman–Crippen LogP) is 2.08. The smallest absolute Gasteiger partial charge is 0.355 e. The summed E-state index contributed by atoms with van der Waals surface area (Å²) in [4.78, 5) is 11.3. The largest absolute Gasteiger partial charge is 0.416 e. The highest BCUT2D eigenvalue weighted by molar-refractivity contribution is 5.80. The molecule has 1 unspecified atom stereocenters. The second-order valence-electron chi connectivity index (χ2n) is 8.74. The molecule has 0 aromatic heterocycles. The molecule has 2 heterocycles. The lowest BCUT2D eigenvalue weighted by Crippen LogP contribution is -2.56. The van der Waals surface area contributed by atoms with Gasteiger partial charge in [-0.1, -0.05) is 18.2 Å². The molecule has 2 aliphatic heterocycles. The summed E-state index contributed by atoms with van der Waals surface area (Å²) in [6.07, 6.45) is -2.42. The molecule has 174 valence electrons. The Morgan fingerprint density at radius 1 is 1.13 bits per heavy atom. The fourth-order valence-electron chi connectivity index (χ4n) is 4.26. The zero-order valence-electron chi connectivity index (χ0n) is 18.8. The zero-order valence-corrected chi connectivity index (χ0v) is 18.8. The van der Waals surface area contributed by atoms with Crippen LogP contribution < -0.4 is 10.6 Å². The molecule has 1 aromatic rings. The Balaban J connectivity index is 1.43. The van der Waals surface area contributed by atoms with Gasteiger partial charge in [-0.05, 0) is 38.6 Å². The molecule has 2 N–H and O–H groups in total. The van der Waals surface area contributed by atoms with Crippen molar-refractivity contribution in [2.24, 2.45) is 4.99 Å². The van der Waals surface area contributed by atoms with Gasteiger partial charge in [-0.15, -0.1) is 0 Å². The van der Waals surface area contributed by atoms with Crippen molar-refractivity contribution in [1.82, 2.24) is 25.3 Å². The minimum absolute atomic E-state index is 0.315. The Morgan fingerprint density at radius 3 is 2.55 bits per heavy atom. The number of nitrogens with zero attached hydrogens (tertiary/aromatic N) is 4. The van der Waals surface area contributed by atoms with Gasteiger partial charge in [0, 0.05) is 64.9 Å². The number of benzene rings is 1. The zero-order chi connectivity index (χ0) is 22.4. The van der Waals surface area contributed by atoms with Gasteiger partial charge in [0.2, 0.25) is 0 Å². The van der Waals surface area contributed by atoms with Gasteiger partial charge in [0.15, 0.2) is 5.96 Å². The van der Waals surface area contributed by atoms with Gasteiger partial charge in [-0.2, -0.15) is 13.2 Å². The van der Waals surface area contributed by atoms with E-state index in [1.807, 2.05) is 0 Å². The molecule has 0 saturated carbocycles. The summed E-state index contributed by atoms with van der Waals surface area (Å²) in [5.74, 6) is 0.818. The van der Waals surface area contributed by atoms with Crippen LogP contribution in [0.15, 0.2) is 29.3 Å². The number of likely N-dealkylation sites (tertiary alicyclic amines) is 1. The number of hydrogen-bond acceptors (Lipinski definition) is 4. The van der Waals surface area contributed by atoms with Gasteiger partial charge >= 0.3 is 6.18 Å². The number of likely N-dealkylation sites (N-methyl/N-ethyl adjacent to an activating group) is 2. The molecule has 31 heavy (non-hydrogen) atoms. The van der Waals surface area contributed by atoms with Gasteiger partial charge < -0.3 is 15.5 Å². The van der Waals surface area contributed by atoms with Crippen molar-refractivity contribution < 1.29 is 13.2 Å². The van der Waals surface area contributed by atoms with E-state index in [4.69, 9.17) is 0 Å². The molecule has 0 amide bonds. The molecule has 2 fully saturated rings. The quantitative estimate of drug-likeness (QED) is 0.542. The Labute approximate surface area is 183 Å². The van der Waals surface area contributed by atoms with Crippen LogP contribution >= 0.6 is 0 Å². The van der Waals surface area contributed by atoms with E-state index in [1.165, 1.54) is 12.1 Å². The van der Waals surface area contributed by atoms with E-state index in [-0.39, 0.29) is 0 Å². The average molecular weight is 441 g/mol. The van der Waals surface area contributed by atoms with Crippen molar-refractivity contribution >= 4 is 5.96 Å². The molecule has 2 saturated heterocycles. The van der Waals surface area contributed by atoms with Gasteiger partial charge in [0.05, 0.1) is 5.56 Å². The van der Waals surface area contributed by atoms with E-state index in [0.29, 0.717) is 24.2 Å². The topological polar surface area (TPSA) is 46.1 Å². The predicted molar refractivity (Wildman–Crippen MR) is 118 cm³/mol. The number of guanidine groups is 1. The highest BCUT2D eigenvalue weighted by Gasteiger charge is 2.30. The van der Waals surface area contributed by atoms with Gasteiger partial charge in [-0.3, -0.25) is 14.8 Å². The molecule has 3 rings (SSSR count). The monoisotopic (exact) mass is 440 g/mol. The molecule has 0 bridgehead atoms. The Kier molecular flexibility index (Phi) is 8.18. The molecular weight excluding hydrogens is 405 g/mol. The first-order valence-corrected chi connectivity index (χ1v) is 11.0. The van der Waals surface area contributed by atoms with Crippen molar-refractivity contribution in [2.45, 2.75) is 37.6 Å². The second-order valence-corrected chi connectivity index (χ2v) is 8.74. The minimum Gasteiger partial charge on any atom is -0.355 e. The van der Waals surface area contributed by atoms with Crippen LogP contribution in [0.3, 0.4) is 0 Å². The Bertz CT molecular complexity index is 730. The Hall–Kier alpha value is -1.84. The number of nitrogens with one attached hydrogen (secondary N) is 2. The lowest BCUT2D eigenvalue weighted by Gasteiger charge is -2.38. The third-order valence-corrected chi connectivity index (χ3v) is 6.30.